The summed E-state index contributed by atoms with van der Waals surface area (Å²) < 4.78 is 1.51. The second kappa shape index (κ2) is 2.92. The molecule has 70 valence electrons. The number of nitrogen functional groups attached to an aromatic ring is 1. The highest BCUT2D eigenvalue weighted by Crippen LogP contribution is 2.22. The number of hydrogen-bond donors (Lipinski definition) is 2. The van der Waals surface area contributed by atoms with Crippen LogP contribution in [0.5, 0.6) is 0 Å². The van der Waals surface area contributed by atoms with E-state index in [1.165, 1.54) is 4.68 Å². The van der Waals surface area contributed by atoms with Crippen LogP contribution >= 0.6 is 11.6 Å². The molecule has 0 saturated carbocycles. The Bertz CT molecular complexity index is 329. The van der Waals surface area contributed by atoms with E-state index < -0.39 is 0 Å². The molecule has 1 aromatic heterocycles. The van der Waals surface area contributed by atoms with Crippen LogP contribution in [0.15, 0.2) is 6.20 Å². The first-order chi connectivity index (χ1) is 6.18. The predicted molar refractivity (Wildman–Crippen MR) is 48.3 cm³/mol. The quantitative estimate of drug-likeness (QED) is 0.679. The zero-order chi connectivity index (χ0) is 9.42. The summed E-state index contributed by atoms with van der Waals surface area (Å²) in [5.74, 6) is 0.237. The smallest absolute Gasteiger partial charge is 0.244 e. The van der Waals surface area contributed by atoms with Crippen molar-refractivity contribution in [3.63, 3.8) is 0 Å². The van der Waals surface area contributed by atoms with Gasteiger partial charge in [0.1, 0.15) is 11.1 Å². The highest BCUT2D eigenvalue weighted by molar-refractivity contribution is 6.32. The number of hydrogen-bond acceptors (Lipinski definition) is 3. The minimum atomic E-state index is -0.255. The average Bonchev–Trinajstić information content (AvgIpc) is 2.60. The van der Waals surface area contributed by atoms with Crippen LogP contribution in [0.3, 0.4) is 0 Å². The Morgan fingerprint density at radius 1 is 1.77 bits per heavy atom. The van der Waals surface area contributed by atoms with Gasteiger partial charge in [0.25, 0.3) is 0 Å². The number of nitrogens with zero attached hydrogens (tertiary/aromatic N) is 2. The molecule has 5 nitrogen and oxygen atoms in total. The molecule has 0 aliphatic carbocycles. The minimum absolute atomic E-state index is 0.0285. The van der Waals surface area contributed by atoms with E-state index >= 15 is 0 Å². The lowest BCUT2D eigenvalue weighted by molar-refractivity contribution is -0.122. The van der Waals surface area contributed by atoms with Gasteiger partial charge in [-0.1, -0.05) is 11.6 Å². The van der Waals surface area contributed by atoms with Crippen molar-refractivity contribution in [1.82, 2.24) is 15.1 Å². The molecule has 0 radical (unpaired) electrons. The van der Waals surface area contributed by atoms with Crippen LogP contribution in [0.4, 0.5) is 5.82 Å². The molecule has 3 N–H and O–H groups in total. The Morgan fingerprint density at radius 2 is 2.54 bits per heavy atom. The molecule has 1 fully saturated rings. The van der Waals surface area contributed by atoms with Gasteiger partial charge in [-0.05, 0) is 6.42 Å². The molecule has 1 saturated heterocycles. The second-order valence-electron chi connectivity index (χ2n) is 2.94. The molecule has 2 heterocycles. The molecule has 1 aliphatic rings. The molecular weight excluding hydrogens is 192 g/mol. The molecular formula is C7H9ClN4O. The lowest BCUT2D eigenvalue weighted by Gasteiger charge is -2.05. The van der Waals surface area contributed by atoms with Gasteiger partial charge in [0.15, 0.2) is 5.82 Å². The van der Waals surface area contributed by atoms with E-state index in [1.807, 2.05) is 0 Å². The van der Waals surface area contributed by atoms with Crippen molar-refractivity contribution in [3.8, 4) is 0 Å². The summed E-state index contributed by atoms with van der Waals surface area (Å²) in [4.78, 5) is 11.2. The van der Waals surface area contributed by atoms with E-state index in [4.69, 9.17) is 17.3 Å². The molecule has 1 unspecified atom stereocenters. The van der Waals surface area contributed by atoms with E-state index in [1.54, 1.807) is 6.20 Å². The molecule has 1 amide bonds. The first-order valence-electron chi connectivity index (χ1n) is 3.96. The number of aromatic nitrogens is 2. The van der Waals surface area contributed by atoms with Crippen molar-refractivity contribution >= 4 is 23.3 Å². The van der Waals surface area contributed by atoms with Crippen LogP contribution in [0.1, 0.15) is 12.5 Å². The Labute approximate surface area is 79.8 Å². The fourth-order valence-electron chi connectivity index (χ4n) is 1.38. The van der Waals surface area contributed by atoms with Crippen LogP contribution < -0.4 is 11.1 Å². The summed E-state index contributed by atoms with van der Waals surface area (Å²) in [6.45, 7) is 0.681. The van der Waals surface area contributed by atoms with Crippen LogP contribution in [0, 0.1) is 0 Å². The van der Waals surface area contributed by atoms with Gasteiger partial charge in [0, 0.05) is 12.7 Å². The topological polar surface area (TPSA) is 72.9 Å². The van der Waals surface area contributed by atoms with Crippen molar-refractivity contribution < 1.29 is 4.79 Å². The average molecular weight is 201 g/mol. The van der Waals surface area contributed by atoms with Crippen LogP contribution in [-0.2, 0) is 4.79 Å². The van der Waals surface area contributed by atoms with Crippen LogP contribution in [0.25, 0.3) is 0 Å². The monoisotopic (exact) mass is 200 g/mol. The molecule has 13 heavy (non-hydrogen) atoms. The van der Waals surface area contributed by atoms with Crippen molar-refractivity contribution in [3.05, 3.63) is 11.2 Å². The maximum atomic E-state index is 11.2. The Kier molecular flexibility index (Phi) is 1.88. The Morgan fingerprint density at radius 3 is 3.00 bits per heavy atom. The van der Waals surface area contributed by atoms with Gasteiger partial charge in [0.05, 0.1) is 0 Å². The minimum Gasteiger partial charge on any atom is -0.381 e. The summed E-state index contributed by atoms with van der Waals surface area (Å²) in [5, 5.41) is 7.05. The molecule has 0 spiro atoms. The summed E-state index contributed by atoms with van der Waals surface area (Å²) in [5.41, 5.74) is 5.46. The molecule has 2 rings (SSSR count). The maximum Gasteiger partial charge on any atom is 0.244 e. The number of carbonyl (C=O) groups excluding carboxylic acids is 1. The van der Waals surface area contributed by atoms with Gasteiger partial charge in [-0.15, -0.1) is 0 Å². The van der Waals surface area contributed by atoms with Crippen molar-refractivity contribution in [2.24, 2.45) is 0 Å². The number of carbonyl (C=O) groups is 1. The largest absolute Gasteiger partial charge is 0.381 e. The molecule has 1 aromatic rings. The predicted octanol–water partition coefficient (Wildman–Crippen LogP) is 0.180. The highest BCUT2D eigenvalue weighted by atomic mass is 35.5. The lowest BCUT2D eigenvalue weighted by atomic mass is 10.2. The standard InChI is InChI=1S/C7H9ClN4O/c8-4-3-12(11-6(4)9)5-1-2-10-7(5)13/h3,5H,1-2H2,(H2,9,11)(H,10,13). The normalized spacial score (nSPS) is 21.9. The van der Waals surface area contributed by atoms with E-state index in [2.05, 4.69) is 10.4 Å². The number of rotatable bonds is 1. The van der Waals surface area contributed by atoms with Crippen molar-refractivity contribution in [1.29, 1.82) is 0 Å². The van der Waals surface area contributed by atoms with Gasteiger partial charge < -0.3 is 11.1 Å². The fourth-order valence-corrected chi connectivity index (χ4v) is 1.51. The van der Waals surface area contributed by atoms with Crippen LogP contribution in [-0.4, -0.2) is 22.2 Å². The third-order valence-electron chi connectivity index (χ3n) is 2.05. The molecule has 1 aliphatic heterocycles. The summed E-state index contributed by atoms with van der Waals surface area (Å²) >= 11 is 5.72. The fraction of sp³-hybridized carbons (Fsp3) is 0.429. The number of amides is 1. The van der Waals surface area contributed by atoms with E-state index in [0.29, 0.717) is 11.6 Å². The van der Waals surface area contributed by atoms with Crippen LogP contribution in [0.2, 0.25) is 5.02 Å². The van der Waals surface area contributed by atoms with Gasteiger partial charge in [-0.2, -0.15) is 5.10 Å². The molecule has 1 atom stereocenters. The number of halogens is 1. The molecule has 0 aromatic carbocycles. The first kappa shape index (κ1) is 8.37. The second-order valence-corrected chi connectivity index (χ2v) is 3.34. The van der Waals surface area contributed by atoms with Gasteiger partial charge in [-0.25, -0.2) is 0 Å². The van der Waals surface area contributed by atoms with Gasteiger partial charge >= 0.3 is 0 Å². The lowest BCUT2D eigenvalue weighted by Crippen LogP contribution is -2.22. The van der Waals surface area contributed by atoms with Gasteiger partial charge in [-0.3, -0.25) is 9.48 Å². The maximum absolute atomic E-state index is 11.2. The van der Waals surface area contributed by atoms with Crippen molar-refractivity contribution in [2.75, 3.05) is 12.3 Å². The van der Waals surface area contributed by atoms with E-state index in [-0.39, 0.29) is 17.8 Å². The molecule has 0 bridgehead atoms. The summed E-state index contributed by atoms with van der Waals surface area (Å²) in [6, 6.07) is -0.255. The summed E-state index contributed by atoms with van der Waals surface area (Å²) in [7, 11) is 0. The third kappa shape index (κ3) is 1.35. The molecule has 6 heteroatoms. The van der Waals surface area contributed by atoms with Gasteiger partial charge in [0.2, 0.25) is 5.91 Å². The Hall–Kier alpha value is -1.23. The van der Waals surface area contributed by atoms with E-state index in [9.17, 15) is 4.79 Å². The zero-order valence-corrected chi connectivity index (χ0v) is 7.58. The SMILES string of the molecule is Nc1nn(C2CCNC2=O)cc1Cl. The number of anilines is 1. The van der Waals surface area contributed by atoms with E-state index in [0.717, 1.165) is 6.42 Å². The highest BCUT2D eigenvalue weighted by Gasteiger charge is 2.26. The number of nitrogens with one attached hydrogen (secondary N) is 1. The van der Waals surface area contributed by atoms with Crippen molar-refractivity contribution in [2.45, 2.75) is 12.5 Å². The zero-order valence-electron chi connectivity index (χ0n) is 6.83. The third-order valence-corrected chi connectivity index (χ3v) is 2.34. The Balaban J connectivity index is 2.29. The first-order valence-corrected chi connectivity index (χ1v) is 4.34. The summed E-state index contributed by atoms with van der Waals surface area (Å²) in [6.07, 6.45) is 2.31. The number of nitrogens with two attached hydrogens (primary N) is 1.